The standard InChI is InChI=1S/C17H18N4O4/c1-12-18-11-16(21(23)24)20(12)8-9-25-17(22)7-6-13-10-19-15-5-3-2-4-14(13)15/h2-5,10-11,19H,6-9H2,1H3. The predicted octanol–water partition coefficient (Wildman–Crippen LogP) is 2.76. The number of aryl methyl sites for hydroxylation is 2. The van der Waals surface area contributed by atoms with E-state index in [1.807, 2.05) is 30.5 Å². The maximum atomic E-state index is 11.9. The number of imidazole rings is 1. The van der Waals surface area contributed by atoms with E-state index in [2.05, 4.69) is 9.97 Å². The highest BCUT2D eigenvalue weighted by atomic mass is 16.6. The van der Waals surface area contributed by atoms with Gasteiger partial charge in [-0.05, 0) is 23.0 Å². The number of carbonyl (C=O) groups is 1. The van der Waals surface area contributed by atoms with Gasteiger partial charge in [-0.2, -0.15) is 0 Å². The van der Waals surface area contributed by atoms with Gasteiger partial charge in [-0.15, -0.1) is 0 Å². The number of benzene rings is 1. The van der Waals surface area contributed by atoms with Crippen LogP contribution >= 0.6 is 0 Å². The van der Waals surface area contributed by atoms with E-state index in [-0.39, 0.29) is 31.4 Å². The van der Waals surface area contributed by atoms with Gasteiger partial charge in [0.15, 0.2) is 5.82 Å². The Morgan fingerprint density at radius 3 is 3.00 bits per heavy atom. The van der Waals surface area contributed by atoms with Crippen molar-refractivity contribution in [2.75, 3.05) is 6.61 Å². The van der Waals surface area contributed by atoms with E-state index < -0.39 is 4.92 Å². The van der Waals surface area contributed by atoms with Crippen LogP contribution in [0.2, 0.25) is 0 Å². The van der Waals surface area contributed by atoms with Gasteiger partial charge in [0.05, 0.1) is 0 Å². The van der Waals surface area contributed by atoms with Gasteiger partial charge < -0.3 is 19.8 Å². The van der Waals surface area contributed by atoms with Crippen molar-refractivity contribution in [1.82, 2.24) is 14.5 Å². The number of esters is 1. The summed E-state index contributed by atoms with van der Waals surface area (Å²) in [6.45, 7) is 1.96. The van der Waals surface area contributed by atoms with Crippen LogP contribution < -0.4 is 0 Å². The molecule has 0 bridgehead atoms. The van der Waals surface area contributed by atoms with Crippen molar-refractivity contribution >= 4 is 22.7 Å². The van der Waals surface area contributed by atoms with Crippen molar-refractivity contribution in [3.05, 3.63) is 58.2 Å². The lowest BCUT2D eigenvalue weighted by molar-refractivity contribution is -0.392. The van der Waals surface area contributed by atoms with Crippen LogP contribution in [0.25, 0.3) is 10.9 Å². The number of nitrogens with one attached hydrogen (secondary N) is 1. The van der Waals surface area contributed by atoms with Gasteiger partial charge in [0, 0.05) is 30.4 Å². The third-order valence-corrected chi connectivity index (χ3v) is 4.07. The molecule has 25 heavy (non-hydrogen) atoms. The first-order valence-electron chi connectivity index (χ1n) is 7.93. The molecule has 0 unspecified atom stereocenters. The van der Waals surface area contributed by atoms with E-state index in [1.54, 1.807) is 6.92 Å². The molecule has 0 aliphatic heterocycles. The van der Waals surface area contributed by atoms with Crippen LogP contribution in [-0.4, -0.2) is 32.0 Å². The fourth-order valence-electron chi connectivity index (χ4n) is 2.78. The number of aromatic amines is 1. The number of ether oxygens (including phenoxy) is 1. The fraction of sp³-hybridized carbons (Fsp3) is 0.294. The molecule has 0 radical (unpaired) electrons. The molecule has 8 nitrogen and oxygen atoms in total. The van der Waals surface area contributed by atoms with E-state index >= 15 is 0 Å². The average molecular weight is 342 g/mol. The van der Waals surface area contributed by atoms with E-state index in [9.17, 15) is 14.9 Å². The maximum absolute atomic E-state index is 11.9. The van der Waals surface area contributed by atoms with Crippen molar-refractivity contribution in [3.63, 3.8) is 0 Å². The van der Waals surface area contributed by atoms with E-state index in [1.165, 1.54) is 10.8 Å². The number of fused-ring (bicyclic) bond motifs is 1. The smallest absolute Gasteiger partial charge is 0.342 e. The molecule has 0 aliphatic rings. The zero-order chi connectivity index (χ0) is 17.8. The second kappa shape index (κ2) is 7.16. The van der Waals surface area contributed by atoms with Gasteiger partial charge in [0.1, 0.15) is 19.3 Å². The summed E-state index contributed by atoms with van der Waals surface area (Å²) in [5.74, 6) is 0.0829. The lowest BCUT2D eigenvalue weighted by atomic mass is 10.1. The van der Waals surface area contributed by atoms with Gasteiger partial charge >= 0.3 is 11.8 Å². The molecule has 3 rings (SSSR count). The van der Waals surface area contributed by atoms with Crippen LogP contribution in [0, 0.1) is 17.0 Å². The Bertz CT molecular complexity index is 912. The molecule has 0 fully saturated rings. The molecule has 0 spiro atoms. The third kappa shape index (κ3) is 3.68. The van der Waals surface area contributed by atoms with Crippen LogP contribution in [0.1, 0.15) is 17.8 Å². The summed E-state index contributed by atoms with van der Waals surface area (Å²) in [4.78, 5) is 29.4. The number of hydrogen-bond donors (Lipinski definition) is 1. The quantitative estimate of drug-likeness (QED) is 0.404. The normalized spacial score (nSPS) is 10.9. The summed E-state index contributed by atoms with van der Waals surface area (Å²) in [5.41, 5.74) is 2.10. The monoisotopic (exact) mass is 342 g/mol. The van der Waals surface area contributed by atoms with Gasteiger partial charge in [0.2, 0.25) is 0 Å². The summed E-state index contributed by atoms with van der Waals surface area (Å²) in [7, 11) is 0. The zero-order valence-corrected chi connectivity index (χ0v) is 13.8. The first-order chi connectivity index (χ1) is 12.1. The number of hydrogen-bond acceptors (Lipinski definition) is 5. The topological polar surface area (TPSA) is 103 Å². The fourth-order valence-corrected chi connectivity index (χ4v) is 2.78. The molecule has 0 saturated carbocycles. The molecular formula is C17H18N4O4. The molecule has 8 heteroatoms. The molecule has 0 atom stereocenters. The van der Waals surface area contributed by atoms with Crippen LogP contribution in [0.15, 0.2) is 36.7 Å². The molecule has 0 aliphatic carbocycles. The molecule has 0 amide bonds. The summed E-state index contributed by atoms with van der Waals surface area (Å²) < 4.78 is 6.62. The minimum Gasteiger partial charge on any atom is -0.461 e. The molecule has 1 N–H and O–H groups in total. The summed E-state index contributed by atoms with van der Waals surface area (Å²) in [6, 6.07) is 7.90. The first kappa shape index (κ1) is 16.7. The van der Waals surface area contributed by atoms with E-state index in [0.717, 1.165) is 16.5 Å². The molecule has 2 aromatic heterocycles. The summed E-state index contributed by atoms with van der Waals surface area (Å²) in [6.07, 6.45) is 3.93. The number of nitro groups is 1. The predicted molar refractivity (Wildman–Crippen MR) is 91.2 cm³/mol. The van der Waals surface area contributed by atoms with E-state index in [0.29, 0.717) is 12.2 Å². The molecule has 2 heterocycles. The Labute approximate surface area is 143 Å². The highest BCUT2D eigenvalue weighted by Crippen LogP contribution is 2.19. The number of para-hydroxylation sites is 1. The largest absolute Gasteiger partial charge is 0.461 e. The highest BCUT2D eigenvalue weighted by Gasteiger charge is 2.17. The molecule has 3 aromatic rings. The van der Waals surface area contributed by atoms with Gasteiger partial charge in [-0.3, -0.25) is 4.79 Å². The Kier molecular flexibility index (Phi) is 4.78. The van der Waals surface area contributed by atoms with Crippen LogP contribution in [-0.2, 0) is 22.5 Å². The first-order valence-corrected chi connectivity index (χ1v) is 7.93. The van der Waals surface area contributed by atoms with Crippen molar-refractivity contribution in [3.8, 4) is 0 Å². The van der Waals surface area contributed by atoms with Crippen molar-refractivity contribution < 1.29 is 14.5 Å². The second-order valence-corrected chi connectivity index (χ2v) is 5.65. The van der Waals surface area contributed by atoms with Gasteiger partial charge in [-0.1, -0.05) is 18.2 Å². The van der Waals surface area contributed by atoms with Crippen molar-refractivity contribution in [1.29, 1.82) is 0 Å². The second-order valence-electron chi connectivity index (χ2n) is 5.65. The Morgan fingerprint density at radius 2 is 2.20 bits per heavy atom. The van der Waals surface area contributed by atoms with Crippen molar-refractivity contribution in [2.24, 2.45) is 0 Å². The zero-order valence-electron chi connectivity index (χ0n) is 13.8. The number of nitrogens with zero attached hydrogens (tertiary/aromatic N) is 3. The lowest BCUT2D eigenvalue weighted by Gasteiger charge is -2.05. The summed E-state index contributed by atoms with van der Waals surface area (Å²) in [5, 5.41) is 12.0. The third-order valence-electron chi connectivity index (χ3n) is 4.07. The Balaban J connectivity index is 1.50. The Morgan fingerprint density at radius 1 is 1.40 bits per heavy atom. The molecule has 1 aromatic carbocycles. The number of H-pyrrole nitrogens is 1. The SMILES string of the molecule is Cc1ncc([N+](=O)[O-])n1CCOC(=O)CCc1c[nH]c2ccccc12. The molecule has 130 valence electrons. The van der Waals surface area contributed by atoms with Gasteiger partial charge in [0.25, 0.3) is 0 Å². The van der Waals surface area contributed by atoms with E-state index in [4.69, 9.17) is 4.74 Å². The van der Waals surface area contributed by atoms with Crippen molar-refractivity contribution in [2.45, 2.75) is 26.3 Å². The van der Waals surface area contributed by atoms with Gasteiger partial charge in [-0.25, -0.2) is 9.55 Å². The Hall–Kier alpha value is -3.16. The highest BCUT2D eigenvalue weighted by molar-refractivity contribution is 5.83. The maximum Gasteiger partial charge on any atom is 0.342 e. The minimum absolute atomic E-state index is 0.0742. The molecule has 0 saturated heterocycles. The lowest BCUT2D eigenvalue weighted by Crippen LogP contribution is -2.14. The number of carbonyl (C=O) groups excluding carboxylic acids is 1. The minimum atomic E-state index is -0.501. The molecular weight excluding hydrogens is 324 g/mol. The van der Waals surface area contributed by atoms with Crippen LogP contribution in [0.3, 0.4) is 0 Å². The summed E-state index contributed by atoms with van der Waals surface area (Å²) >= 11 is 0. The average Bonchev–Trinajstić information content (AvgIpc) is 3.17. The number of aromatic nitrogens is 3. The van der Waals surface area contributed by atoms with Crippen LogP contribution in [0.4, 0.5) is 5.82 Å². The van der Waals surface area contributed by atoms with Crippen LogP contribution in [0.5, 0.6) is 0 Å². The number of rotatable bonds is 7.